The SMILES string of the molecule is CNC(CCCOC)C1CCCCS1. The number of hydrogen-bond donors (Lipinski definition) is 1. The monoisotopic (exact) mass is 217 g/mol. The Morgan fingerprint density at radius 2 is 2.36 bits per heavy atom. The van der Waals surface area contributed by atoms with Crippen LogP contribution in [0.3, 0.4) is 0 Å². The maximum atomic E-state index is 5.09. The summed E-state index contributed by atoms with van der Waals surface area (Å²) in [6, 6.07) is 0.690. The zero-order valence-electron chi connectivity index (χ0n) is 9.42. The molecule has 0 radical (unpaired) electrons. The van der Waals surface area contributed by atoms with Crippen molar-refractivity contribution in [2.75, 3.05) is 26.5 Å². The van der Waals surface area contributed by atoms with Gasteiger partial charge < -0.3 is 10.1 Å². The molecule has 1 N–H and O–H groups in total. The lowest BCUT2D eigenvalue weighted by atomic mass is 10.0. The highest BCUT2D eigenvalue weighted by Crippen LogP contribution is 2.28. The second-order valence-electron chi connectivity index (χ2n) is 3.94. The average Bonchev–Trinajstić information content (AvgIpc) is 2.26. The van der Waals surface area contributed by atoms with Crippen LogP contribution in [0.2, 0.25) is 0 Å². The number of thioether (sulfide) groups is 1. The van der Waals surface area contributed by atoms with Crippen molar-refractivity contribution in [1.29, 1.82) is 0 Å². The molecule has 0 saturated carbocycles. The van der Waals surface area contributed by atoms with E-state index in [0.717, 1.165) is 11.9 Å². The van der Waals surface area contributed by atoms with Gasteiger partial charge in [-0.3, -0.25) is 0 Å². The quantitative estimate of drug-likeness (QED) is 0.690. The van der Waals surface area contributed by atoms with Gasteiger partial charge in [0.15, 0.2) is 0 Å². The lowest BCUT2D eigenvalue weighted by Gasteiger charge is -2.29. The minimum absolute atomic E-state index is 0.690. The van der Waals surface area contributed by atoms with Crippen LogP contribution < -0.4 is 5.32 Å². The molecular formula is C11H23NOS. The first-order chi connectivity index (χ1) is 6.88. The molecule has 3 heteroatoms. The first-order valence-corrected chi connectivity index (χ1v) is 6.71. The molecule has 1 rings (SSSR count). The van der Waals surface area contributed by atoms with Crippen molar-refractivity contribution >= 4 is 11.8 Å². The summed E-state index contributed by atoms with van der Waals surface area (Å²) in [6.45, 7) is 0.898. The van der Waals surface area contributed by atoms with Gasteiger partial charge in [-0.05, 0) is 38.5 Å². The third-order valence-corrected chi connectivity index (χ3v) is 4.41. The minimum Gasteiger partial charge on any atom is -0.385 e. The van der Waals surface area contributed by atoms with E-state index in [2.05, 4.69) is 24.1 Å². The lowest BCUT2D eigenvalue weighted by molar-refractivity contribution is 0.188. The fraction of sp³-hybridized carbons (Fsp3) is 1.00. The van der Waals surface area contributed by atoms with E-state index in [9.17, 15) is 0 Å². The Morgan fingerprint density at radius 3 is 2.93 bits per heavy atom. The highest BCUT2D eigenvalue weighted by molar-refractivity contribution is 8.00. The Labute approximate surface area is 92.2 Å². The largest absolute Gasteiger partial charge is 0.385 e. The van der Waals surface area contributed by atoms with E-state index < -0.39 is 0 Å². The van der Waals surface area contributed by atoms with Gasteiger partial charge in [0.2, 0.25) is 0 Å². The summed E-state index contributed by atoms with van der Waals surface area (Å²) in [5, 5.41) is 4.29. The molecule has 2 unspecified atom stereocenters. The van der Waals surface area contributed by atoms with Crippen molar-refractivity contribution < 1.29 is 4.74 Å². The molecule has 1 aliphatic heterocycles. The summed E-state index contributed by atoms with van der Waals surface area (Å²) in [7, 11) is 3.87. The molecule has 2 nitrogen and oxygen atoms in total. The van der Waals surface area contributed by atoms with Crippen LogP contribution in [-0.4, -0.2) is 37.8 Å². The van der Waals surface area contributed by atoms with E-state index in [-0.39, 0.29) is 0 Å². The number of methoxy groups -OCH3 is 1. The zero-order valence-corrected chi connectivity index (χ0v) is 10.2. The van der Waals surface area contributed by atoms with Crippen molar-refractivity contribution in [1.82, 2.24) is 5.32 Å². The van der Waals surface area contributed by atoms with Gasteiger partial charge in [0.05, 0.1) is 0 Å². The fourth-order valence-corrected chi connectivity index (χ4v) is 3.56. The highest BCUT2D eigenvalue weighted by Gasteiger charge is 2.22. The first kappa shape index (κ1) is 12.3. The van der Waals surface area contributed by atoms with Gasteiger partial charge in [0.1, 0.15) is 0 Å². The van der Waals surface area contributed by atoms with Crippen LogP contribution in [0.4, 0.5) is 0 Å². The molecule has 84 valence electrons. The van der Waals surface area contributed by atoms with Gasteiger partial charge in [-0.2, -0.15) is 11.8 Å². The smallest absolute Gasteiger partial charge is 0.0462 e. The van der Waals surface area contributed by atoms with Crippen LogP contribution in [0.25, 0.3) is 0 Å². The molecule has 0 amide bonds. The molecule has 1 aliphatic rings. The van der Waals surface area contributed by atoms with Gasteiger partial charge in [-0.1, -0.05) is 6.42 Å². The van der Waals surface area contributed by atoms with Gasteiger partial charge in [0.25, 0.3) is 0 Å². The van der Waals surface area contributed by atoms with Gasteiger partial charge in [0, 0.05) is 25.0 Å². The summed E-state index contributed by atoms with van der Waals surface area (Å²) >= 11 is 2.15. The van der Waals surface area contributed by atoms with E-state index >= 15 is 0 Å². The molecule has 1 fully saturated rings. The molecular weight excluding hydrogens is 194 g/mol. The van der Waals surface area contributed by atoms with Crippen LogP contribution in [0.5, 0.6) is 0 Å². The predicted octanol–water partition coefficient (Wildman–Crippen LogP) is 2.29. The van der Waals surface area contributed by atoms with Crippen LogP contribution >= 0.6 is 11.8 Å². The minimum atomic E-state index is 0.690. The van der Waals surface area contributed by atoms with Gasteiger partial charge >= 0.3 is 0 Å². The average molecular weight is 217 g/mol. The third kappa shape index (κ3) is 4.20. The van der Waals surface area contributed by atoms with E-state index in [1.807, 2.05) is 0 Å². The lowest BCUT2D eigenvalue weighted by Crippen LogP contribution is -2.37. The summed E-state index contributed by atoms with van der Waals surface area (Å²) in [4.78, 5) is 0. The maximum Gasteiger partial charge on any atom is 0.0462 e. The molecule has 14 heavy (non-hydrogen) atoms. The molecule has 0 aromatic rings. The zero-order chi connectivity index (χ0) is 10.2. The standard InChI is InChI=1S/C11H23NOS/c1-12-10(6-5-8-13-2)11-7-3-4-9-14-11/h10-12H,3-9H2,1-2H3. The molecule has 0 aromatic heterocycles. The maximum absolute atomic E-state index is 5.09. The normalized spacial score (nSPS) is 24.9. The molecule has 2 atom stereocenters. The second-order valence-corrected chi connectivity index (χ2v) is 5.28. The molecule has 0 aliphatic carbocycles. The van der Waals surface area contributed by atoms with Crippen LogP contribution in [0.1, 0.15) is 32.1 Å². The molecule has 1 heterocycles. The van der Waals surface area contributed by atoms with E-state index in [0.29, 0.717) is 6.04 Å². The summed E-state index contributed by atoms with van der Waals surface area (Å²) in [5.41, 5.74) is 0. The van der Waals surface area contributed by atoms with Gasteiger partial charge in [-0.25, -0.2) is 0 Å². The van der Waals surface area contributed by atoms with Crippen LogP contribution in [0.15, 0.2) is 0 Å². The Morgan fingerprint density at radius 1 is 1.50 bits per heavy atom. The number of rotatable bonds is 6. The summed E-state index contributed by atoms with van der Waals surface area (Å²) < 4.78 is 5.09. The van der Waals surface area contributed by atoms with Crippen molar-refractivity contribution in [2.24, 2.45) is 0 Å². The van der Waals surface area contributed by atoms with Crippen LogP contribution in [-0.2, 0) is 4.74 Å². The summed E-state index contributed by atoms with van der Waals surface area (Å²) in [5.74, 6) is 1.35. The highest BCUT2D eigenvalue weighted by atomic mass is 32.2. The van der Waals surface area contributed by atoms with Crippen molar-refractivity contribution in [3.05, 3.63) is 0 Å². The second kappa shape index (κ2) is 7.55. The Kier molecular flexibility index (Phi) is 6.65. The van der Waals surface area contributed by atoms with Crippen molar-refractivity contribution in [3.8, 4) is 0 Å². The van der Waals surface area contributed by atoms with E-state index in [4.69, 9.17) is 4.74 Å². The Hall–Kier alpha value is 0.270. The van der Waals surface area contributed by atoms with E-state index in [1.54, 1.807) is 7.11 Å². The number of nitrogens with one attached hydrogen (secondary N) is 1. The molecule has 0 bridgehead atoms. The molecule has 0 aromatic carbocycles. The van der Waals surface area contributed by atoms with E-state index in [1.165, 1.54) is 37.9 Å². The Bertz CT molecular complexity index is 137. The van der Waals surface area contributed by atoms with Gasteiger partial charge in [-0.15, -0.1) is 0 Å². The molecule has 1 saturated heterocycles. The summed E-state index contributed by atoms with van der Waals surface area (Å²) in [6.07, 6.45) is 6.65. The molecule has 0 spiro atoms. The third-order valence-electron chi connectivity index (χ3n) is 2.90. The number of hydrogen-bond acceptors (Lipinski definition) is 3. The fourth-order valence-electron chi connectivity index (χ4n) is 2.05. The van der Waals surface area contributed by atoms with Crippen LogP contribution in [0, 0.1) is 0 Å². The Balaban J connectivity index is 2.21. The first-order valence-electron chi connectivity index (χ1n) is 5.66. The predicted molar refractivity (Wildman–Crippen MR) is 64.1 cm³/mol. The number of ether oxygens (including phenoxy) is 1. The van der Waals surface area contributed by atoms with Crippen molar-refractivity contribution in [2.45, 2.75) is 43.4 Å². The van der Waals surface area contributed by atoms with Crippen molar-refractivity contribution in [3.63, 3.8) is 0 Å². The topological polar surface area (TPSA) is 21.3 Å².